The van der Waals surface area contributed by atoms with Gasteiger partial charge in [-0.3, -0.25) is 4.79 Å². The minimum atomic E-state index is 0.177. The average Bonchev–Trinajstić information content (AvgIpc) is 2.45. The van der Waals surface area contributed by atoms with E-state index in [0.29, 0.717) is 11.3 Å². The second kappa shape index (κ2) is 6.81. The van der Waals surface area contributed by atoms with Crippen molar-refractivity contribution in [1.29, 1.82) is 0 Å². The Balaban J connectivity index is 1.90. The van der Waals surface area contributed by atoms with Crippen LogP contribution < -0.4 is 5.32 Å². The fourth-order valence-electron chi connectivity index (χ4n) is 4.04. The Bertz CT molecular complexity index is 334. The number of alkyl halides is 1. The summed E-state index contributed by atoms with van der Waals surface area (Å²) in [5, 5.41) is 4.32. The number of hydrogen-bond acceptors (Lipinski definition) is 1. The predicted octanol–water partition coefficient (Wildman–Crippen LogP) is 4.66. The largest absolute Gasteiger partial charge is 0.355 e. The molecule has 2 nitrogen and oxygen atoms in total. The Kier molecular flexibility index (Phi) is 5.56. The van der Waals surface area contributed by atoms with E-state index >= 15 is 0 Å². The molecule has 0 spiro atoms. The van der Waals surface area contributed by atoms with Crippen LogP contribution in [0.1, 0.15) is 71.6 Å². The first-order valence-electron chi connectivity index (χ1n) is 8.33. The molecule has 1 unspecified atom stereocenters. The van der Waals surface area contributed by atoms with Crippen molar-refractivity contribution >= 4 is 21.8 Å². The summed E-state index contributed by atoms with van der Waals surface area (Å²) in [4.78, 5) is 12.6. The molecule has 2 rings (SSSR count). The number of carbonyl (C=O) groups is 1. The molecule has 116 valence electrons. The van der Waals surface area contributed by atoms with Gasteiger partial charge in [0.15, 0.2) is 0 Å². The SMILES string of the molecule is CC1(C)CCCCC1C(=O)NCC1(CBr)CCCCC1. The van der Waals surface area contributed by atoms with Crippen LogP contribution in [0, 0.1) is 16.7 Å². The first-order valence-corrected chi connectivity index (χ1v) is 9.45. The van der Waals surface area contributed by atoms with E-state index in [2.05, 4.69) is 35.1 Å². The standard InChI is InChI=1S/C17H30BrNO/c1-16(2)9-7-4-8-14(16)15(20)19-13-17(12-18)10-5-3-6-11-17/h14H,3-13H2,1-2H3,(H,19,20). The highest BCUT2D eigenvalue weighted by atomic mass is 79.9. The van der Waals surface area contributed by atoms with Gasteiger partial charge in [-0.2, -0.15) is 0 Å². The Hall–Kier alpha value is -0.0500. The molecule has 1 N–H and O–H groups in total. The molecule has 1 atom stereocenters. The van der Waals surface area contributed by atoms with Gasteiger partial charge in [0.05, 0.1) is 0 Å². The smallest absolute Gasteiger partial charge is 0.223 e. The lowest BCUT2D eigenvalue weighted by Crippen LogP contribution is -2.46. The molecule has 0 radical (unpaired) electrons. The molecule has 0 aliphatic heterocycles. The summed E-state index contributed by atoms with van der Waals surface area (Å²) < 4.78 is 0. The molecule has 2 aliphatic carbocycles. The third kappa shape index (κ3) is 3.78. The number of halogens is 1. The quantitative estimate of drug-likeness (QED) is 0.738. The molecule has 20 heavy (non-hydrogen) atoms. The molecule has 2 aliphatic rings. The van der Waals surface area contributed by atoms with Crippen LogP contribution >= 0.6 is 15.9 Å². The van der Waals surface area contributed by atoms with Crippen molar-refractivity contribution in [2.45, 2.75) is 71.6 Å². The predicted molar refractivity (Wildman–Crippen MR) is 88.1 cm³/mol. The molecule has 0 aromatic heterocycles. The maximum absolute atomic E-state index is 12.6. The molecule has 2 saturated carbocycles. The van der Waals surface area contributed by atoms with Gasteiger partial charge < -0.3 is 5.32 Å². The second-order valence-corrected chi connectivity index (χ2v) is 8.26. The zero-order chi connectivity index (χ0) is 14.6. The number of carbonyl (C=O) groups excluding carboxylic acids is 1. The molecule has 1 amide bonds. The van der Waals surface area contributed by atoms with Gasteiger partial charge in [-0.15, -0.1) is 0 Å². The van der Waals surface area contributed by atoms with Crippen LogP contribution in [-0.4, -0.2) is 17.8 Å². The van der Waals surface area contributed by atoms with Crippen molar-refractivity contribution in [3.8, 4) is 0 Å². The highest BCUT2D eigenvalue weighted by Gasteiger charge is 2.38. The molecule has 0 saturated heterocycles. The Morgan fingerprint density at radius 1 is 1.10 bits per heavy atom. The third-order valence-corrected chi connectivity index (χ3v) is 6.85. The molecule has 0 aromatic rings. The summed E-state index contributed by atoms with van der Waals surface area (Å²) in [5.41, 5.74) is 0.489. The monoisotopic (exact) mass is 343 g/mol. The number of rotatable bonds is 4. The van der Waals surface area contributed by atoms with Gasteiger partial charge >= 0.3 is 0 Å². The van der Waals surface area contributed by atoms with Crippen LogP contribution in [0.2, 0.25) is 0 Å². The van der Waals surface area contributed by atoms with Crippen molar-refractivity contribution < 1.29 is 4.79 Å². The Morgan fingerprint density at radius 2 is 1.75 bits per heavy atom. The van der Waals surface area contributed by atoms with E-state index in [-0.39, 0.29) is 11.3 Å². The minimum Gasteiger partial charge on any atom is -0.355 e. The third-order valence-electron chi connectivity index (χ3n) is 5.66. The molecular weight excluding hydrogens is 314 g/mol. The van der Waals surface area contributed by atoms with Gasteiger partial charge in [-0.25, -0.2) is 0 Å². The summed E-state index contributed by atoms with van der Waals surface area (Å²) in [6.45, 7) is 5.39. The second-order valence-electron chi connectivity index (χ2n) is 7.70. The van der Waals surface area contributed by atoms with Crippen LogP contribution in [-0.2, 0) is 4.79 Å². The van der Waals surface area contributed by atoms with E-state index < -0.39 is 0 Å². The van der Waals surface area contributed by atoms with Crippen molar-refractivity contribution in [3.05, 3.63) is 0 Å². The van der Waals surface area contributed by atoms with Crippen molar-refractivity contribution in [2.24, 2.45) is 16.7 Å². The lowest BCUT2D eigenvalue weighted by atomic mass is 9.68. The molecule has 0 heterocycles. The van der Waals surface area contributed by atoms with Crippen molar-refractivity contribution in [3.63, 3.8) is 0 Å². The van der Waals surface area contributed by atoms with E-state index in [4.69, 9.17) is 0 Å². The average molecular weight is 344 g/mol. The fraction of sp³-hybridized carbons (Fsp3) is 0.941. The van der Waals surface area contributed by atoms with E-state index in [1.165, 1.54) is 51.4 Å². The van der Waals surface area contributed by atoms with Gasteiger partial charge in [0, 0.05) is 17.8 Å². The van der Waals surface area contributed by atoms with Gasteiger partial charge in [-0.1, -0.05) is 61.9 Å². The van der Waals surface area contributed by atoms with Crippen LogP contribution in [0.25, 0.3) is 0 Å². The normalized spacial score (nSPS) is 28.9. The van der Waals surface area contributed by atoms with Crippen LogP contribution in [0.15, 0.2) is 0 Å². The van der Waals surface area contributed by atoms with Gasteiger partial charge in [0.25, 0.3) is 0 Å². The Morgan fingerprint density at radius 3 is 2.35 bits per heavy atom. The minimum absolute atomic E-state index is 0.177. The number of nitrogens with one attached hydrogen (secondary N) is 1. The number of amides is 1. The maximum Gasteiger partial charge on any atom is 0.223 e. The summed E-state index contributed by atoms with van der Waals surface area (Å²) in [5.74, 6) is 0.521. The van der Waals surface area contributed by atoms with E-state index in [1.54, 1.807) is 0 Å². The highest BCUT2D eigenvalue weighted by molar-refractivity contribution is 9.09. The molecule has 2 fully saturated rings. The van der Waals surface area contributed by atoms with Crippen molar-refractivity contribution in [2.75, 3.05) is 11.9 Å². The maximum atomic E-state index is 12.6. The molecule has 3 heteroatoms. The Labute approximate surface area is 132 Å². The van der Waals surface area contributed by atoms with Crippen LogP contribution in [0.4, 0.5) is 0 Å². The number of hydrogen-bond donors (Lipinski definition) is 1. The summed E-state index contributed by atoms with van der Waals surface area (Å²) >= 11 is 3.69. The van der Waals surface area contributed by atoms with Gasteiger partial charge in [0.1, 0.15) is 0 Å². The zero-order valence-electron chi connectivity index (χ0n) is 13.1. The van der Waals surface area contributed by atoms with E-state index in [1.807, 2.05) is 0 Å². The molecular formula is C17H30BrNO. The van der Waals surface area contributed by atoms with Gasteiger partial charge in [-0.05, 0) is 36.5 Å². The fourth-order valence-corrected chi connectivity index (χ4v) is 4.80. The van der Waals surface area contributed by atoms with Gasteiger partial charge in [0.2, 0.25) is 5.91 Å². The van der Waals surface area contributed by atoms with Crippen LogP contribution in [0.3, 0.4) is 0 Å². The lowest BCUT2D eigenvalue weighted by molar-refractivity contribution is -0.130. The molecule has 0 aromatic carbocycles. The molecule has 0 bridgehead atoms. The van der Waals surface area contributed by atoms with Crippen molar-refractivity contribution in [1.82, 2.24) is 5.32 Å². The van der Waals surface area contributed by atoms with E-state index in [9.17, 15) is 4.79 Å². The van der Waals surface area contributed by atoms with Crippen LogP contribution in [0.5, 0.6) is 0 Å². The summed E-state index contributed by atoms with van der Waals surface area (Å²) in [6, 6.07) is 0. The summed E-state index contributed by atoms with van der Waals surface area (Å²) in [6.07, 6.45) is 11.3. The highest BCUT2D eigenvalue weighted by Crippen LogP contribution is 2.41. The van der Waals surface area contributed by atoms with E-state index in [0.717, 1.165) is 18.3 Å². The first-order chi connectivity index (χ1) is 9.49. The first kappa shape index (κ1) is 16.3. The topological polar surface area (TPSA) is 29.1 Å². The zero-order valence-corrected chi connectivity index (χ0v) is 14.7. The lowest BCUT2D eigenvalue weighted by Gasteiger charge is -2.40. The summed E-state index contributed by atoms with van der Waals surface area (Å²) in [7, 11) is 0.